The van der Waals surface area contributed by atoms with Gasteiger partial charge in [0.05, 0.1) is 0 Å². The van der Waals surface area contributed by atoms with E-state index in [1.165, 1.54) is 0 Å². The van der Waals surface area contributed by atoms with Crippen LogP contribution in [0, 0.1) is 0 Å². The molecule has 0 aliphatic rings. The first-order chi connectivity index (χ1) is 10.6. The molecule has 0 amide bonds. The summed E-state index contributed by atoms with van der Waals surface area (Å²) < 4.78 is 0. The summed E-state index contributed by atoms with van der Waals surface area (Å²) in [5, 5.41) is 0. The maximum atomic E-state index is 4.44. The summed E-state index contributed by atoms with van der Waals surface area (Å²) in [6.07, 6.45) is 20.4. The van der Waals surface area contributed by atoms with Gasteiger partial charge in [-0.25, -0.2) is 0 Å². The lowest BCUT2D eigenvalue weighted by molar-refractivity contribution is 1.46. The highest BCUT2D eigenvalue weighted by molar-refractivity contribution is 6.01. The van der Waals surface area contributed by atoms with E-state index in [-0.39, 0.29) is 0 Å². The van der Waals surface area contributed by atoms with Crippen LogP contribution in [0.2, 0.25) is 0 Å². The van der Waals surface area contributed by atoms with Crippen molar-refractivity contribution >= 4 is 5.71 Å². The van der Waals surface area contributed by atoms with E-state index in [0.717, 1.165) is 22.4 Å². The van der Waals surface area contributed by atoms with Gasteiger partial charge in [0.1, 0.15) is 0 Å². The Hall–Kier alpha value is -2.67. The SMILES string of the molecule is C=CC=C(/C=C\C=C)/C(C)=N/C=C\C(=C)C(/C=C\C=C)=C/C. The van der Waals surface area contributed by atoms with Gasteiger partial charge in [-0.3, -0.25) is 4.99 Å². The fourth-order valence-electron chi connectivity index (χ4n) is 1.57. The van der Waals surface area contributed by atoms with Crippen molar-refractivity contribution in [3.8, 4) is 0 Å². The second-order valence-corrected chi connectivity index (χ2v) is 4.35. The Labute approximate surface area is 135 Å². The number of allylic oxidation sites excluding steroid dienone is 13. The molecule has 0 N–H and O–H groups in total. The van der Waals surface area contributed by atoms with E-state index in [4.69, 9.17) is 0 Å². The Morgan fingerprint density at radius 2 is 1.45 bits per heavy atom. The molecule has 0 aromatic carbocycles. The summed E-state index contributed by atoms with van der Waals surface area (Å²) in [5.41, 5.74) is 3.82. The smallest absolute Gasteiger partial charge is 0.0444 e. The third-order valence-electron chi connectivity index (χ3n) is 2.76. The minimum Gasteiger partial charge on any atom is -0.261 e. The van der Waals surface area contributed by atoms with Crippen LogP contribution in [0.25, 0.3) is 0 Å². The van der Waals surface area contributed by atoms with Gasteiger partial charge < -0.3 is 0 Å². The van der Waals surface area contributed by atoms with Crippen molar-refractivity contribution in [1.29, 1.82) is 0 Å². The van der Waals surface area contributed by atoms with Crippen molar-refractivity contribution in [1.82, 2.24) is 0 Å². The normalized spacial score (nSPS) is 14.0. The van der Waals surface area contributed by atoms with E-state index in [0.29, 0.717) is 0 Å². The van der Waals surface area contributed by atoms with Crippen molar-refractivity contribution < 1.29 is 0 Å². The zero-order valence-corrected chi connectivity index (χ0v) is 13.6. The quantitative estimate of drug-likeness (QED) is 0.361. The molecular formula is C21H25N. The van der Waals surface area contributed by atoms with E-state index >= 15 is 0 Å². The molecule has 0 aromatic rings. The van der Waals surface area contributed by atoms with Crippen molar-refractivity contribution in [2.45, 2.75) is 13.8 Å². The number of nitrogens with zero attached hydrogens (tertiary/aromatic N) is 1. The standard InChI is InChI=1S/C21H25N/c1-7-11-14-20(10-4)18(5)16-17-22-19(6)21(13-9-3)15-12-8-2/h7-17H,1-3,5H2,4,6H3/b14-11-,15-12-,17-16-,20-10+,21-13?,22-19+. The lowest BCUT2D eigenvalue weighted by Crippen LogP contribution is -1.93. The molecular weight excluding hydrogens is 266 g/mol. The van der Waals surface area contributed by atoms with Gasteiger partial charge in [-0.2, -0.15) is 0 Å². The summed E-state index contributed by atoms with van der Waals surface area (Å²) in [6, 6.07) is 0. The van der Waals surface area contributed by atoms with E-state index in [1.807, 2.05) is 56.4 Å². The summed E-state index contributed by atoms with van der Waals surface area (Å²) in [4.78, 5) is 4.44. The molecule has 0 aliphatic heterocycles. The highest BCUT2D eigenvalue weighted by Gasteiger charge is 1.95. The molecule has 1 nitrogen and oxygen atoms in total. The molecule has 0 radical (unpaired) electrons. The van der Waals surface area contributed by atoms with Crippen LogP contribution in [0.4, 0.5) is 0 Å². The molecule has 0 saturated heterocycles. The lowest BCUT2D eigenvalue weighted by Gasteiger charge is -2.01. The van der Waals surface area contributed by atoms with Crippen LogP contribution in [0.15, 0.2) is 115 Å². The Kier molecular flexibility index (Phi) is 10.6. The minimum atomic E-state index is 0.894. The van der Waals surface area contributed by atoms with Crippen LogP contribution in [0.1, 0.15) is 13.8 Å². The Bertz CT molecular complexity index is 587. The average molecular weight is 291 g/mol. The Balaban J connectivity index is 5.10. The summed E-state index contributed by atoms with van der Waals surface area (Å²) >= 11 is 0. The lowest BCUT2D eigenvalue weighted by atomic mass is 10.1. The third kappa shape index (κ3) is 7.81. The first-order valence-corrected chi connectivity index (χ1v) is 7.08. The second kappa shape index (κ2) is 12.1. The van der Waals surface area contributed by atoms with Crippen LogP contribution in [0.5, 0.6) is 0 Å². The maximum absolute atomic E-state index is 4.44. The van der Waals surface area contributed by atoms with Gasteiger partial charge in [-0.1, -0.05) is 81.0 Å². The molecule has 22 heavy (non-hydrogen) atoms. The molecule has 1 heteroatoms. The van der Waals surface area contributed by atoms with E-state index in [2.05, 4.69) is 31.3 Å². The van der Waals surface area contributed by atoms with Crippen molar-refractivity contribution in [2.75, 3.05) is 0 Å². The molecule has 0 unspecified atom stereocenters. The predicted octanol–water partition coefficient (Wildman–Crippen LogP) is 6.06. The van der Waals surface area contributed by atoms with E-state index in [9.17, 15) is 0 Å². The highest BCUT2D eigenvalue weighted by Crippen LogP contribution is 2.11. The molecule has 114 valence electrons. The fourth-order valence-corrected chi connectivity index (χ4v) is 1.57. The maximum Gasteiger partial charge on any atom is 0.0444 e. The second-order valence-electron chi connectivity index (χ2n) is 4.35. The number of hydrogen-bond donors (Lipinski definition) is 0. The molecule has 0 fully saturated rings. The number of rotatable bonds is 9. The third-order valence-corrected chi connectivity index (χ3v) is 2.76. The molecule has 0 spiro atoms. The molecule has 0 saturated carbocycles. The van der Waals surface area contributed by atoms with Gasteiger partial charge in [-0.15, -0.1) is 0 Å². The van der Waals surface area contributed by atoms with Gasteiger partial charge in [0.2, 0.25) is 0 Å². The number of aliphatic imine (C=N–C) groups is 1. The Morgan fingerprint density at radius 3 is 1.95 bits per heavy atom. The molecule has 0 rings (SSSR count). The highest BCUT2D eigenvalue weighted by atomic mass is 14.7. The largest absolute Gasteiger partial charge is 0.261 e. The van der Waals surface area contributed by atoms with Crippen molar-refractivity contribution in [3.05, 3.63) is 110 Å². The number of hydrogen-bond acceptors (Lipinski definition) is 1. The molecule has 0 bridgehead atoms. The fraction of sp³-hybridized carbons (Fsp3) is 0.0952. The van der Waals surface area contributed by atoms with Crippen LogP contribution in [-0.4, -0.2) is 5.71 Å². The van der Waals surface area contributed by atoms with Crippen LogP contribution < -0.4 is 0 Å². The molecule has 0 atom stereocenters. The van der Waals surface area contributed by atoms with Crippen molar-refractivity contribution in [3.63, 3.8) is 0 Å². The van der Waals surface area contributed by atoms with Crippen LogP contribution >= 0.6 is 0 Å². The topological polar surface area (TPSA) is 12.4 Å². The first kappa shape index (κ1) is 19.3. The van der Waals surface area contributed by atoms with E-state index < -0.39 is 0 Å². The first-order valence-electron chi connectivity index (χ1n) is 7.08. The zero-order chi connectivity index (χ0) is 16.8. The van der Waals surface area contributed by atoms with Gasteiger partial charge in [0.15, 0.2) is 0 Å². The summed E-state index contributed by atoms with van der Waals surface area (Å²) in [7, 11) is 0. The predicted molar refractivity (Wildman–Crippen MR) is 102 cm³/mol. The van der Waals surface area contributed by atoms with Crippen LogP contribution in [0.3, 0.4) is 0 Å². The minimum absolute atomic E-state index is 0.894. The molecule has 0 heterocycles. The van der Waals surface area contributed by atoms with Gasteiger partial charge in [-0.05, 0) is 36.6 Å². The zero-order valence-electron chi connectivity index (χ0n) is 13.6. The van der Waals surface area contributed by atoms with Crippen LogP contribution in [-0.2, 0) is 0 Å². The summed E-state index contributed by atoms with van der Waals surface area (Å²) in [5.74, 6) is 0. The Morgan fingerprint density at radius 1 is 0.864 bits per heavy atom. The molecule has 0 aromatic heterocycles. The van der Waals surface area contributed by atoms with Gasteiger partial charge in [0.25, 0.3) is 0 Å². The monoisotopic (exact) mass is 291 g/mol. The van der Waals surface area contributed by atoms with Gasteiger partial charge >= 0.3 is 0 Å². The van der Waals surface area contributed by atoms with E-state index in [1.54, 1.807) is 24.4 Å². The van der Waals surface area contributed by atoms with Crippen molar-refractivity contribution in [2.24, 2.45) is 4.99 Å². The summed E-state index contributed by atoms with van der Waals surface area (Å²) in [6.45, 7) is 19.0. The molecule has 0 aliphatic carbocycles. The average Bonchev–Trinajstić information content (AvgIpc) is 2.52. The van der Waals surface area contributed by atoms with Gasteiger partial charge in [0, 0.05) is 11.9 Å².